The van der Waals surface area contributed by atoms with Crippen LogP contribution in [0.15, 0.2) is 11.8 Å². The molecule has 0 aliphatic heterocycles. The quantitative estimate of drug-likeness (QED) is 0.521. The van der Waals surface area contributed by atoms with Crippen LogP contribution in [0.3, 0.4) is 0 Å². The second-order valence-corrected chi connectivity index (χ2v) is 1.84. The standard InChI is InChI=1S/C5H9BO2/c7-6-8-5-3-1-2-4-5/h3,6-7H,1-2,4H2. The first kappa shape index (κ1) is 5.70. The van der Waals surface area contributed by atoms with Gasteiger partial charge in [-0.1, -0.05) is 0 Å². The van der Waals surface area contributed by atoms with Crippen molar-refractivity contribution in [1.82, 2.24) is 0 Å². The van der Waals surface area contributed by atoms with Gasteiger partial charge in [-0.3, -0.25) is 0 Å². The fourth-order valence-electron chi connectivity index (χ4n) is 0.855. The number of rotatable bonds is 2. The minimum atomic E-state index is -0.175. The molecule has 0 unspecified atom stereocenters. The number of hydrogen-bond donors (Lipinski definition) is 1. The van der Waals surface area contributed by atoms with Crippen molar-refractivity contribution in [3.63, 3.8) is 0 Å². The third-order valence-corrected chi connectivity index (χ3v) is 1.25. The molecule has 0 aromatic carbocycles. The Morgan fingerprint density at radius 2 is 2.62 bits per heavy atom. The maximum Gasteiger partial charge on any atom is 0.503 e. The lowest BCUT2D eigenvalue weighted by Gasteiger charge is -1.98. The molecular formula is C5H9BO2. The molecule has 0 amide bonds. The molecule has 0 aromatic heterocycles. The van der Waals surface area contributed by atoms with Crippen LogP contribution in [0.25, 0.3) is 0 Å². The van der Waals surface area contributed by atoms with Gasteiger partial charge in [-0.05, 0) is 18.9 Å². The van der Waals surface area contributed by atoms with Gasteiger partial charge in [0.2, 0.25) is 0 Å². The highest BCUT2D eigenvalue weighted by Crippen LogP contribution is 2.17. The number of hydrogen-bond acceptors (Lipinski definition) is 2. The normalized spacial score (nSPS) is 17.9. The highest BCUT2D eigenvalue weighted by atomic mass is 16.5. The Bertz CT molecular complexity index is 101. The summed E-state index contributed by atoms with van der Waals surface area (Å²) in [6, 6.07) is 0. The van der Waals surface area contributed by atoms with Crippen molar-refractivity contribution in [3.05, 3.63) is 11.8 Å². The zero-order valence-electron chi connectivity index (χ0n) is 4.76. The van der Waals surface area contributed by atoms with Crippen LogP contribution in [0.5, 0.6) is 0 Å². The van der Waals surface area contributed by atoms with Gasteiger partial charge in [-0.15, -0.1) is 0 Å². The molecule has 1 rings (SSSR count). The van der Waals surface area contributed by atoms with Gasteiger partial charge < -0.3 is 9.68 Å². The van der Waals surface area contributed by atoms with Gasteiger partial charge in [0.25, 0.3) is 0 Å². The topological polar surface area (TPSA) is 29.5 Å². The van der Waals surface area contributed by atoms with Crippen molar-refractivity contribution in [2.24, 2.45) is 0 Å². The summed E-state index contributed by atoms with van der Waals surface area (Å²) < 4.78 is 4.82. The van der Waals surface area contributed by atoms with Crippen LogP contribution in [0.2, 0.25) is 0 Å². The zero-order valence-corrected chi connectivity index (χ0v) is 4.76. The average Bonchev–Trinajstić information content (AvgIpc) is 2.19. The molecule has 0 radical (unpaired) electrons. The van der Waals surface area contributed by atoms with Crippen molar-refractivity contribution in [2.45, 2.75) is 19.3 Å². The first-order valence-electron chi connectivity index (χ1n) is 2.86. The van der Waals surface area contributed by atoms with E-state index in [9.17, 15) is 0 Å². The highest BCUT2D eigenvalue weighted by Gasteiger charge is 2.03. The van der Waals surface area contributed by atoms with Crippen LogP contribution in [-0.2, 0) is 4.65 Å². The second-order valence-electron chi connectivity index (χ2n) is 1.84. The van der Waals surface area contributed by atoms with Crippen LogP contribution in [-0.4, -0.2) is 12.7 Å². The van der Waals surface area contributed by atoms with E-state index in [4.69, 9.17) is 9.68 Å². The summed E-state index contributed by atoms with van der Waals surface area (Å²) in [6.45, 7) is 0. The zero-order chi connectivity index (χ0) is 5.82. The molecule has 3 heteroatoms. The molecular weight excluding hydrogens is 103 g/mol. The minimum Gasteiger partial charge on any atom is -0.542 e. The molecule has 0 heterocycles. The van der Waals surface area contributed by atoms with Gasteiger partial charge in [-0.25, -0.2) is 0 Å². The lowest BCUT2D eigenvalue weighted by molar-refractivity contribution is 0.360. The predicted molar refractivity (Wildman–Crippen MR) is 32.4 cm³/mol. The summed E-state index contributed by atoms with van der Waals surface area (Å²) in [5.74, 6) is 0.951. The Labute approximate surface area is 49.5 Å². The first-order chi connectivity index (χ1) is 3.93. The van der Waals surface area contributed by atoms with E-state index in [-0.39, 0.29) is 7.69 Å². The predicted octanol–water partition coefficient (Wildman–Crippen LogP) is 0.330. The van der Waals surface area contributed by atoms with Gasteiger partial charge in [0.05, 0.1) is 5.76 Å². The van der Waals surface area contributed by atoms with Gasteiger partial charge in [-0.2, -0.15) is 0 Å². The molecule has 0 aromatic rings. The van der Waals surface area contributed by atoms with Gasteiger partial charge in [0, 0.05) is 6.42 Å². The molecule has 8 heavy (non-hydrogen) atoms. The molecule has 0 saturated heterocycles. The molecule has 0 fully saturated rings. The fraction of sp³-hybridized carbons (Fsp3) is 0.600. The van der Waals surface area contributed by atoms with E-state index in [1.54, 1.807) is 0 Å². The van der Waals surface area contributed by atoms with Crippen molar-refractivity contribution in [3.8, 4) is 0 Å². The van der Waals surface area contributed by atoms with Crippen LogP contribution in [0.4, 0.5) is 0 Å². The molecule has 0 saturated carbocycles. The largest absolute Gasteiger partial charge is 0.542 e. The maximum absolute atomic E-state index is 8.26. The number of allylic oxidation sites excluding steroid dienone is 2. The molecule has 1 N–H and O–H groups in total. The lowest BCUT2D eigenvalue weighted by Crippen LogP contribution is -1.94. The van der Waals surface area contributed by atoms with E-state index in [1.165, 1.54) is 6.42 Å². The van der Waals surface area contributed by atoms with Gasteiger partial charge in [0.1, 0.15) is 0 Å². The van der Waals surface area contributed by atoms with Crippen molar-refractivity contribution in [1.29, 1.82) is 0 Å². The van der Waals surface area contributed by atoms with Crippen molar-refractivity contribution < 1.29 is 9.68 Å². The molecule has 1 aliphatic carbocycles. The van der Waals surface area contributed by atoms with Crippen LogP contribution < -0.4 is 0 Å². The van der Waals surface area contributed by atoms with E-state index in [0.29, 0.717) is 0 Å². The third-order valence-electron chi connectivity index (χ3n) is 1.25. The molecule has 0 bridgehead atoms. The van der Waals surface area contributed by atoms with Crippen molar-refractivity contribution >= 4 is 7.69 Å². The van der Waals surface area contributed by atoms with Crippen molar-refractivity contribution in [2.75, 3.05) is 0 Å². The summed E-state index contributed by atoms with van der Waals surface area (Å²) >= 11 is 0. The summed E-state index contributed by atoms with van der Waals surface area (Å²) in [4.78, 5) is 0. The van der Waals surface area contributed by atoms with E-state index in [0.717, 1.165) is 18.6 Å². The Balaban J connectivity index is 2.23. The summed E-state index contributed by atoms with van der Waals surface area (Å²) in [6.07, 6.45) is 5.31. The average molecular weight is 112 g/mol. The maximum atomic E-state index is 8.26. The molecule has 2 nitrogen and oxygen atoms in total. The van der Waals surface area contributed by atoms with E-state index in [2.05, 4.69) is 0 Å². The first-order valence-corrected chi connectivity index (χ1v) is 2.86. The molecule has 0 spiro atoms. The summed E-state index contributed by atoms with van der Waals surface area (Å²) in [7, 11) is -0.175. The molecule has 0 atom stereocenters. The smallest absolute Gasteiger partial charge is 0.503 e. The lowest BCUT2D eigenvalue weighted by atomic mass is 10.3. The summed E-state index contributed by atoms with van der Waals surface area (Å²) in [5.41, 5.74) is 0. The van der Waals surface area contributed by atoms with Gasteiger partial charge in [0.15, 0.2) is 0 Å². The highest BCUT2D eigenvalue weighted by molar-refractivity contribution is 6.16. The van der Waals surface area contributed by atoms with E-state index < -0.39 is 0 Å². The second kappa shape index (κ2) is 2.77. The van der Waals surface area contributed by atoms with Crippen LogP contribution in [0, 0.1) is 0 Å². The Morgan fingerprint density at radius 1 is 1.75 bits per heavy atom. The SMILES string of the molecule is OBOC1=CCCC1. The summed E-state index contributed by atoms with van der Waals surface area (Å²) in [5, 5.41) is 8.26. The van der Waals surface area contributed by atoms with E-state index >= 15 is 0 Å². The Morgan fingerprint density at radius 3 is 3.12 bits per heavy atom. The monoisotopic (exact) mass is 112 g/mol. The fourth-order valence-corrected chi connectivity index (χ4v) is 0.855. The minimum absolute atomic E-state index is 0.175. The molecule has 44 valence electrons. The Kier molecular flexibility index (Phi) is 1.97. The van der Waals surface area contributed by atoms with Crippen LogP contribution in [0.1, 0.15) is 19.3 Å². The van der Waals surface area contributed by atoms with Crippen LogP contribution >= 0.6 is 0 Å². The van der Waals surface area contributed by atoms with E-state index in [1.807, 2.05) is 6.08 Å². The molecule has 1 aliphatic rings. The van der Waals surface area contributed by atoms with Gasteiger partial charge >= 0.3 is 7.69 Å². The third kappa shape index (κ3) is 1.27. The Hall–Kier alpha value is -0.435.